The van der Waals surface area contributed by atoms with Crippen molar-refractivity contribution in [2.24, 2.45) is 0 Å². The fraction of sp³-hybridized carbons (Fsp3) is 0.0175. The molecule has 59 heavy (non-hydrogen) atoms. The zero-order valence-corrected chi connectivity index (χ0v) is 32.6. The van der Waals surface area contributed by atoms with Crippen molar-refractivity contribution in [2.75, 3.05) is 4.90 Å². The molecular weight excluding hydrogens is 715 g/mol. The Balaban J connectivity index is 1.21. The summed E-state index contributed by atoms with van der Waals surface area (Å²) in [6, 6.07) is 69.8. The lowest BCUT2D eigenvalue weighted by Gasteiger charge is -2.35. The van der Waals surface area contributed by atoms with Crippen molar-refractivity contribution in [2.45, 2.75) is 5.41 Å². The van der Waals surface area contributed by atoms with Crippen molar-refractivity contribution >= 4 is 45.5 Å². The predicted molar refractivity (Wildman–Crippen MR) is 249 cm³/mol. The quantitative estimate of drug-likeness (QED) is 0.129. The number of hydrogen-bond donors (Lipinski definition) is 0. The summed E-state index contributed by atoms with van der Waals surface area (Å²) in [6.07, 6.45) is 10.1. The van der Waals surface area contributed by atoms with Crippen molar-refractivity contribution in [3.63, 3.8) is 0 Å². The highest BCUT2D eigenvalue weighted by Gasteiger charge is 2.46. The first-order valence-corrected chi connectivity index (χ1v) is 20.1. The van der Waals surface area contributed by atoms with Gasteiger partial charge in [-0.3, -0.25) is 0 Å². The molecule has 0 unspecified atom stereocenters. The molecule has 0 spiro atoms. The zero-order chi connectivity index (χ0) is 39.8. The number of anilines is 2. The molecule has 1 aliphatic carbocycles. The number of rotatable bonds is 10. The third-order valence-corrected chi connectivity index (χ3v) is 11.7. The fourth-order valence-corrected chi connectivity index (χ4v) is 9.09. The molecule has 0 radical (unpaired) electrons. The SMILES string of the molecule is C=C/C=C\c1ccccc1/C=C(\C=C)N(c1cccc(-c2ccc3oc4ccccc4c3c2)c1)c1ccc2c(c1)C(c1ccccc1)(c1ccccc1)c1ccccc1-2. The van der Waals surface area contributed by atoms with Gasteiger partial charge in [0.15, 0.2) is 0 Å². The van der Waals surface area contributed by atoms with Crippen LogP contribution in [0.15, 0.2) is 236 Å². The van der Waals surface area contributed by atoms with Crippen molar-refractivity contribution in [3.8, 4) is 22.3 Å². The number of benzene rings is 8. The third-order valence-electron chi connectivity index (χ3n) is 11.7. The van der Waals surface area contributed by atoms with E-state index in [4.69, 9.17) is 4.42 Å². The lowest BCUT2D eigenvalue weighted by atomic mass is 9.67. The van der Waals surface area contributed by atoms with E-state index in [1.807, 2.05) is 30.4 Å². The summed E-state index contributed by atoms with van der Waals surface area (Å²) in [7, 11) is 0. The topological polar surface area (TPSA) is 16.4 Å². The summed E-state index contributed by atoms with van der Waals surface area (Å²) in [5.74, 6) is 0. The van der Waals surface area contributed by atoms with Crippen LogP contribution in [0.5, 0.6) is 0 Å². The van der Waals surface area contributed by atoms with Crippen LogP contribution in [0.1, 0.15) is 33.4 Å². The molecule has 10 rings (SSSR count). The van der Waals surface area contributed by atoms with Crippen molar-refractivity contribution < 1.29 is 4.42 Å². The molecule has 280 valence electrons. The molecule has 0 saturated carbocycles. The van der Waals surface area contributed by atoms with Gasteiger partial charge in [0.25, 0.3) is 0 Å². The molecule has 2 nitrogen and oxygen atoms in total. The van der Waals surface area contributed by atoms with E-state index in [-0.39, 0.29) is 0 Å². The van der Waals surface area contributed by atoms with Gasteiger partial charge in [0.05, 0.1) is 5.41 Å². The van der Waals surface area contributed by atoms with Crippen LogP contribution < -0.4 is 4.90 Å². The first-order valence-electron chi connectivity index (χ1n) is 20.1. The van der Waals surface area contributed by atoms with Gasteiger partial charge in [0, 0.05) is 27.8 Å². The molecule has 2 heteroatoms. The highest BCUT2D eigenvalue weighted by atomic mass is 16.3. The monoisotopic (exact) mass is 755 g/mol. The molecule has 1 aliphatic rings. The summed E-state index contributed by atoms with van der Waals surface area (Å²) >= 11 is 0. The Hall–Kier alpha value is -7.68. The number of hydrogen-bond acceptors (Lipinski definition) is 2. The van der Waals surface area contributed by atoms with Crippen molar-refractivity contribution in [1.29, 1.82) is 0 Å². The van der Waals surface area contributed by atoms with Crippen LogP contribution in [0.25, 0.3) is 56.3 Å². The number of nitrogens with zero attached hydrogens (tertiary/aromatic N) is 1. The zero-order valence-electron chi connectivity index (χ0n) is 32.6. The van der Waals surface area contributed by atoms with Gasteiger partial charge >= 0.3 is 0 Å². The van der Waals surface area contributed by atoms with E-state index in [9.17, 15) is 0 Å². The molecule has 9 aromatic rings. The molecule has 8 aromatic carbocycles. The van der Waals surface area contributed by atoms with Crippen molar-refractivity contribution in [1.82, 2.24) is 0 Å². The minimum absolute atomic E-state index is 0.541. The maximum absolute atomic E-state index is 6.20. The maximum atomic E-state index is 6.20. The lowest BCUT2D eigenvalue weighted by Crippen LogP contribution is -2.28. The Morgan fingerprint density at radius 1 is 0.492 bits per heavy atom. The maximum Gasteiger partial charge on any atom is 0.135 e. The predicted octanol–water partition coefficient (Wildman–Crippen LogP) is 15.2. The molecule has 0 saturated heterocycles. The van der Waals surface area contributed by atoms with Crippen LogP contribution in [0, 0.1) is 0 Å². The second kappa shape index (κ2) is 15.0. The number of para-hydroxylation sites is 1. The van der Waals surface area contributed by atoms with Crippen LogP contribution in [-0.2, 0) is 5.41 Å². The second-order valence-electron chi connectivity index (χ2n) is 14.9. The van der Waals surface area contributed by atoms with Crippen LogP contribution >= 0.6 is 0 Å². The van der Waals surface area contributed by atoms with Gasteiger partial charge in [0.2, 0.25) is 0 Å². The van der Waals surface area contributed by atoms with E-state index in [0.29, 0.717) is 0 Å². The molecule has 0 amide bonds. The van der Waals surface area contributed by atoms with E-state index < -0.39 is 5.41 Å². The van der Waals surface area contributed by atoms with E-state index in [1.54, 1.807) is 0 Å². The highest BCUT2D eigenvalue weighted by Crippen LogP contribution is 2.57. The van der Waals surface area contributed by atoms with Crippen LogP contribution in [0.4, 0.5) is 11.4 Å². The Kier molecular flexibility index (Phi) is 9.08. The van der Waals surface area contributed by atoms with E-state index in [2.05, 4.69) is 212 Å². The van der Waals surface area contributed by atoms with E-state index in [1.165, 1.54) is 33.4 Å². The molecule has 0 atom stereocenters. The Bertz CT molecular complexity index is 3050. The molecule has 0 fully saturated rings. The summed E-state index contributed by atoms with van der Waals surface area (Å²) in [6.45, 7) is 8.35. The Labute approximate surface area is 345 Å². The first-order chi connectivity index (χ1) is 29.2. The Morgan fingerprint density at radius 3 is 1.92 bits per heavy atom. The van der Waals surface area contributed by atoms with Crippen LogP contribution in [0.2, 0.25) is 0 Å². The summed E-state index contributed by atoms with van der Waals surface area (Å²) in [5.41, 5.74) is 16.1. The van der Waals surface area contributed by atoms with Gasteiger partial charge in [-0.15, -0.1) is 0 Å². The third kappa shape index (κ3) is 6.05. The fourth-order valence-electron chi connectivity index (χ4n) is 9.09. The molecule has 0 aliphatic heterocycles. The second-order valence-corrected chi connectivity index (χ2v) is 14.9. The minimum atomic E-state index is -0.541. The van der Waals surface area contributed by atoms with Gasteiger partial charge in [-0.05, 0) is 110 Å². The summed E-state index contributed by atoms with van der Waals surface area (Å²) in [5, 5.41) is 2.22. The molecule has 0 N–H and O–H groups in total. The largest absolute Gasteiger partial charge is 0.456 e. The average molecular weight is 756 g/mol. The molecule has 1 heterocycles. The smallest absolute Gasteiger partial charge is 0.135 e. The average Bonchev–Trinajstić information content (AvgIpc) is 3.82. The first kappa shape index (κ1) is 35.7. The van der Waals surface area contributed by atoms with Gasteiger partial charge in [-0.25, -0.2) is 0 Å². The van der Waals surface area contributed by atoms with Crippen LogP contribution in [-0.4, -0.2) is 0 Å². The Morgan fingerprint density at radius 2 is 1.14 bits per heavy atom. The molecule has 1 aromatic heterocycles. The summed E-state index contributed by atoms with van der Waals surface area (Å²) < 4.78 is 6.20. The van der Waals surface area contributed by atoms with Gasteiger partial charge in [0.1, 0.15) is 11.2 Å². The number of furan rings is 1. The molecule has 0 bridgehead atoms. The van der Waals surface area contributed by atoms with E-state index in [0.717, 1.165) is 61.3 Å². The van der Waals surface area contributed by atoms with Crippen LogP contribution in [0.3, 0.4) is 0 Å². The van der Waals surface area contributed by atoms with Gasteiger partial charge in [-0.2, -0.15) is 0 Å². The summed E-state index contributed by atoms with van der Waals surface area (Å²) in [4.78, 5) is 2.35. The number of fused-ring (bicyclic) bond motifs is 6. The van der Waals surface area contributed by atoms with Crippen molar-refractivity contribution in [3.05, 3.63) is 265 Å². The standard InChI is InChI=1S/C57H41NO/c1-3-5-19-40-20-12-13-21-41(40)36-46(4-2)58(47-27-18-22-42(37-47)43-32-35-56-52(38-43)51-29-15-17-31-55(51)59-56)48-33-34-50-49-28-14-16-30-53(49)57(54(50)39-48,44-23-8-6-9-24-44)45-25-10-7-11-26-45/h3-39H,1-2H2/b19-5-,46-36+. The number of allylic oxidation sites excluding steroid dienone is 3. The van der Waals surface area contributed by atoms with Gasteiger partial charge in [-0.1, -0.05) is 183 Å². The highest BCUT2D eigenvalue weighted by molar-refractivity contribution is 6.06. The van der Waals surface area contributed by atoms with E-state index >= 15 is 0 Å². The lowest BCUT2D eigenvalue weighted by molar-refractivity contribution is 0.669. The molecular formula is C57H41NO. The van der Waals surface area contributed by atoms with Gasteiger partial charge < -0.3 is 9.32 Å². The normalized spacial score (nSPS) is 13.1. The minimum Gasteiger partial charge on any atom is -0.456 e.